The smallest absolute Gasteiger partial charge is 0.236 e. The first-order chi connectivity index (χ1) is 13.5. The van der Waals surface area contributed by atoms with Gasteiger partial charge in [-0.05, 0) is 43.0 Å². The summed E-state index contributed by atoms with van der Waals surface area (Å²) in [6.07, 6.45) is 0.160. The van der Waals surface area contributed by atoms with Crippen molar-refractivity contribution in [3.63, 3.8) is 0 Å². The van der Waals surface area contributed by atoms with Gasteiger partial charge in [-0.25, -0.2) is 4.98 Å². The fraction of sp³-hybridized carbons (Fsp3) is 0.300. The molecule has 4 rings (SSSR count). The van der Waals surface area contributed by atoms with Crippen LogP contribution in [0, 0.1) is 6.92 Å². The van der Waals surface area contributed by atoms with E-state index in [2.05, 4.69) is 26.2 Å². The molecule has 1 amide bonds. The van der Waals surface area contributed by atoms with Crippen LogP contribution >= 0.6 is 27.3 Å². The van der Waals surface area contributed by atoms with Gasteiger partial charge in [0.1, 0.15) is 19.0 Å². The van der Waals surface area contributed by atoms with Crippen LogP contribution in [0.5, 0.6) is 11.5 Å². The Morgan fingerprint density at radius 2 is 2.07 bits per heavy atom. The van der Waals surface area contributed by atoms with Gasteiger partial charge in [-0.15, -0.1) is 11.3 Å². The molecule has 0 spiro atoms. The van der Waals surface area contributed by atoms with Crippen molar-refractivity contribution >= 4 is 33.2 Å². The number of halogens is 1. The molecule has 8 heteroatoms. The molecule has 0 fully saturated rings. The Morgan fingerprint density at radius 3 is 2.79 bits per heavy atom. The Labute approximate surface area is 175 Å². The largest absolute Gasteiger partial charge is 0.486 e. The number of carbonyl (C=O) groups excluding carboxylic acids is 1. The van der Waals surface area contributed by atoms with Crippen LogP contribution in [0.2, 0.25) is 0 Å². The lowest BCUT2D eigenvalue weighted by Crippen LogP contribution is -2.28. The number of hydrogen-bond donors (Lipinski definition) is 1. The minimum atomic E-state index is -0.207. The van der Waals surface area contributed by atoms with Crippen LogP contribution < -0.4 is 14.8 Å². The molecule has 3 aromatic rings. The summed E-state index contributed by atoms with van der Waals surface area (Å²) < 4.78 is 17.8. The van der Waals surface area contributed by atoms with Crippen LogP contribution in [0.3, 0.4) is 0 Å². The number of carbonyl (C=O) groups is 1. The Balaban J connectivity index is 1.45. The molecule has 1 aliphatic heterocycles. The van der Waals surface area contributed by atoms with E-state index in [4.69, 9.17) is 13.9 Å². The highest BCUT2D eigenvalue weighted by Crippen LogP contribution is 2.37. The Bertz CT molecular complexity index is 1000. The average molecular weight is 463 g/mol. The topological polar surface area (TPSA) is 73.6 Å². The highest BCUT2D eigenvalue weighted by Gasteiger charge is 2.21. The zero-order valence-electron chi connectivity index (χ0n) is 15.5. The number of nitrogens with zero attached hydrogens (tertiary/aromatic N) is 1. The van der Waals surface area contributed by atoms with E-state index < -0.39 is 0 Å². The van der Waals surface area contributed by atoms with Crippen molar-refractivity contribution in [2.24, 2.45) is 0 Å². The second kappa shape index (κ2) is 7.97. The van der Waals surface area contributed by atoms with Crippen molar-refractivity contribution in [2.75, 3.05) is 13.2 Å². The Kier molecular flexibility index (Phi) is 5.41. The highest BCUT2D eigenvalue weighted by atomic mass is 79.9. The lowest BCUT2D eigenvalue weighted by atomic mass is 10.1. The van der Waals surface area contributed by atoms with Gasteiger partial charge in [0.05, 0.1) is 23.0 Å². The summed E-state index contributed by atoms with van der Waals surface area (Å²) in [4.78, 5) is 18.0. The maximum absolute atomic E-state index is 12.6. The summed E-state index contributed by atoms with van der Waals surface area (Å²) in [7, 11) is 0. The maximum atomic E-state index is 12.6. The van der Waals surface area contributed by atoms with Gasteiger partial charge in [0.2, 0.25) is 11.8 Å². The van der Waals surface area contributed by atoms with Crippen molar-refractivity contribution in [3.8, 4) is 22.3 Å². The van der Waals surface area contributed by atoms with E-state index in [-0.39, 0.29) is 18.4 Å². The zero-order valence-corrected chi connectivity index (χ0v) is 17.9. The number of aryl methyl sites for hydroxylation is 1. The normalized spacial score (nSPS) is 14.0. The van der Waals surface area contributed by atoms with Gasteiger partial charge in [-0.2, -0.15) is 0 Å². The van der Waals surface area contributed by atoms with Crippen molar-refractivity contribution in [1.82, 2.24) is 10.3 Å². The lowest BCUT2D eigenvalue weighted by Gasteiger charge is -2.22. The fourth-order valence-electron chi connectivity index (χ4n) is 3.03. The summed E-state index contributed by atoms with van der Waals surface area (Å²) in [6.45, 7) is 4.82. The number of fused-ring (bicyclic) bond motifs is 1. The van der Waals surface area contributed by atoms with Gasteiger partial charge in [0.15, 0.2) is 11.5 Å². The summed E-state index contributed by atoms with van der Waals surface area (Å²) >= 11 is 5.11. The minimum absolute atomic E-state index is 0.122. The average Bonchev–Trinajstić information content (AvgIpc) is 3.31. The van der Waals surface area contributed by atoms with Crippen molar-refractivity contribution in [1.29, 1.82) is 0 Å². The molecule has 1 N–H and O–H groups in total. The molecule has 0 aliphatic carbocycles. The van der Waals surface area contributed by atoms with Crippen LogP contribution in [0.25, 0.3) is 10.8 Å². The van der Waals surface area contributed by atoms with E-state index in [1.165, 1.54) is 0 Å². The number of rotatable bonds is 5. The van der Waals surface area contributed by atoms with Gasteiger partial charge in [0, 0.05) is 4.47 Å². The summed E-state index contributed by atoms with van der Waals surface area (Å²) in [6, 6.07) is 7.46. The predicted octanol–water partition coefficient (Wildman–Crippen LogP) is 4.67. The standard InChI is InChI=1S/C20H19BrN2O4S/c1-11(13-8-16-17(9-14(13)21)26-6-5-25-16)22-19(24)10-15-12(2)27-20(23-15)18-4-3-7-28-18/h3-4,7-9,11H,5-6,10H2,1-2H3,(H,22,24). The van der Waals surface area contributed by atoms with Crippen LogP contribution in [-0.2, 0) is 11.2 Å². The predicted molar refractivity (Wildman–Crippen MR) is 110 cm³/mol. The Hall–Kier alpha value is -2.32. The molecule has 3 heterocycles. The third kappa shape index (κ3) is 3.93. The van der Waals surface area contributed by atoms with E-state index in [1.807, 2.05) is 43.5 Å². The molecule has 146 valence electrons. The molecule has 1 atom stereocenters. The van der Waals surface area contributed by atoms with E-state index in [9.17, 15) is 4.79 Å². The lowest BCUT2D eigenvalue weighted by molar-refractivity contribution is -0.121. The first-order valence-electron chi connectivity index (χ1n) is 8.90. The highest BCUT2D eigenvalue weighted by molar-refractivity contribution is 9.10. The van der Waals surface area contributed by atoms with Crippen molar-refractivity contribution in [3.05, 3.63) is 51.1 Å². The molecular weight excluding hydrogens is 444 g/mol. The number of nitrogens with one attached hydrogen (secondary N) is 1. The third-order valence-electron chi connectivity index (χ3n) is 4.46. The minimum Gasteiger partial charge on any atom is -0.486 e. The fourth-order valence-corrected chi connectivity index (χ4v) is 4.35. The Morgan fingerprint density at radius 1 is 1.32 bits per heavy atom. The summed E-state index contributed by atoms with van der Waals surface area (Å²) in [5.41, 5.74) is 1.57. The number of oxazole rings is 1. The number of benzene rings is 1. The van der Waals surface area contributed by atoms with Gasteiger partial charge >= 0.3 is 0 Å². The molecule has 1 aromatic carbocycles. The van der Waals surface area contributed by atoms with Crippen molar-refractivity contribution < 1.29 is 18.7 Å². The third-order valence-corrected chi connectivity index (χ3v) is 6.00. The molecule has 0 saturated heterocycles. The molecule has 0 bridgehead atoms. The van der Waals surface area contributed by atoms with Crippen LogP contribution in [0.15, 0.2) is 38.5 Å². The summed E-state index contributed by atoms with van der Waals surface area (Å²) in [5, 5.41) is 4.99. The molecular formula is C20H19BrN2O4S. The summed E-state index contributed by atoms with van der Waals surface area (Å²) in [5.74, 6) is 2.49. The van der Waals surface area contributed by atoms with Gasteiger partial charge in [-0.1, -0.05) is 22.0 Å². The zero-order chi connectivity index (χ0) is 19.7. The quantitative estimate of drug-likeness (QED) is 0.596. The number of thiophene rings is 1. The number of ether oxygens (including phenoxy) is 2. The van der Waals surface area contributed by atoms with Crippen molar-refractivity contribution in [2.45, 2.75) is 26.3 Å². The first-order valence-corrected chi connectivity index (χ1v) is 10.6. The van der Waals surface area contributed by atoms with E-state index in [0.717, 1.165) is 14.9 Å². The molecule has 1 aliphatic rings. The molecule has 0 radical (unpaired) electrons. The van der Waals surface area contributed by atoms with E-state index in [1.54, 1.807) is 11.3 Å². The van der Waals surface area contributed by atoms with Crippen LogP contribution in [0.4, 0.5) is 0 Å². The second-order valence-corrected chi connectivity index (χ2v) is 8.28. The maximum Gasteiger partial charge on any atom is 0.236 e. The second-order valence-electron chi connectivity index (χ2n) is 6.48. The van der Waals surface area contributed by atoms with Gasteiger partial charge < -0.3 is 19.2 Å². The van der Waals surface area contributed by atoms with Gasteiger partial charge in [0.25, 0.3) is 0 Å². The number of aromatic nitrogens is 1. The first kappa shape index (κ1) is 19.0. The monoisotopic (exact) mass is 462 g/mol. The molecule has 2 aromatic heterocycles. The van der Waals surface area contributed by atoms with E-state index in [0.29, 0.717) is 42.1 Å². The molecule has 28 heavy (non-hydrogen) atoms. The molecule has 6 nitrogen and oxygen atoms in total. The number of amides is 1. The molecule has 1 unspecified atom stereocenters. The van der Waals surface area contributed by atoms with Crippen LogP contribution in [-0.4, -0.2) is 24.1 Å². The van der Waals surface area contributed by atoms with Crippen LogP contribution in [0.1, 0.15) is 30.0 Å². The molecule has 0 saturated carbocycles. The van der Waals surface area contributed by atoms with E-state index >= 15 is 0 Å². The SMILES string of the molecule is Cc1oc(-c2cccs2)nc1CC(=O)NC(C)c1cc2c(cc1Br)OCCO2. The van der Waals surface area contributed by atoms with Gasteiger partial charge in [-0.3, -0.25) is 4.79 Å². The number of hydrogen-bond acceptors (Lipinski definition) is 6.